The van der Waals surface area contributed by atoms with Gasteiger partial charge in [0.25, 0.3) is 0 Å². The molecule has 82 valence electrons. The number of nitrogens with zero attached hydrogens (tertiary/aromatic N) is 2. The van der Waals surface area contributed by atoms with E-state index in [9.17, 15) is 10.1 Å². The van der Waals surface area contributed by atoms with Crippen molar-refractivity contribution in [3.63, 3.8) is 0 Å². The Bertz CT molecular complexity index is 508. The van der Waals surface area contributed by atoms with Gasteiger partial charge < -0.3 is 4.74 Å². The standard InChI is InChI=1S/C10H9N3O3/c1-16-10-6-7(8-4-5-11-12-8)2-3-9(10)13(14)15/h2-6H,1H3,(H,11,12). The molecule has 0 amide bonds. The zero-order valence-corrected chi connectivity index (χ0v) is 8.51. The summed E-state index contributed by atoms with van der Waals surface area (Å²) in [4.78, 5) is 10.2. The highest BCUT2D eigenvalue weighted by atomic mass is 16.6. The Labute approximate surface area is 91.0 Å². The number of H-pyrrole nitrogens is 1. The summed E-state index contributed by atoms with van der Waals surface area (Å²) in [6.45, 7) is 0. The molecule has 6 heteroatoms. The lowest BCUT2D eigenvalue weighted by molar-refractivity contribution is -0.385. The Balaban J connectivity index is 2.49. The van der Waals surface area contributed by atoms with Gasteiger partial charge in [-0.1, -0.05) is 0 Å². The zero-order valence-electron chi connectivity index (χ0n) is 8.51. The maximum atomic E-state index is 10.7. The number of nitro benzene ring substituents is 1. The summed E-state index contributed by atoms with van der Waals surface area (Å²) in [6, 6.07) is 6.44. The summed E-state index contributed by atoms with van der Waals surface area (Å²) in [7, 11) is 1.40. The molecule has 0 unspecified atom stereocenters. The number of benzene rings is 1. The Kier molecular flexibility index (Phi) is 2.55. The Hall–Kier alpha value is -2.37. The van der Waals surface area contributed by atoms with Crippen molar-refractivity contribution in [1.29, 1.82) is 0 Å². The van der Waals surface area contributed by atoms with E-state index in [1.165, 1.54) is 13.2 Å². The minimum atomic E-state index is -0.477. The molecular weight excluding hydrogens is 210 g/mol. The van der Waals surface area contributed by atoms with Gasteiger partial charge in [0.2, 0.25) is 0 Å². The third-order valence-electron chi connectivity index (χ3n) is 2.19. The maximum absolute atomic E-state index is 10.7. The molecule has 0 bridgehead atoms. The summed E-state index contributed by atoms with van der Waals surface area (Å²) in [5.74, 6) is 0.233. The molecule has 0 fully saturated rings. The molecule has 1 aromatic carbocycles. The summed E-state index contributed by atoms with van der Waals surface area (Å²) >= 11 is 0. The molecule has 1 aromatic heterocycles. The van der Waals surface area contributed by atoms with Gasteiger partial charge in [0, 0.05) is 17.8 Å². The average molecular weight is 219 g/mol. The molecule has 0 spiro atoms. The van der Waals surface area contributed by atoms with Crippen molar-refractivity contribution in [2.24, 2.45) is 0 Å². The van der Waals surface area contributed by atoms with Crippen LogP contribution in [0.15, 0.2) is 30.5 Å². The average Bonchev–Trinajstić information content (AvgIpc) is 2.81. The molecule has 2 rings (SSSR count). The highest BCUT2D eigenvalue weighted by Gasteiger charge is 2.15. The summed E-state index contributed by atoms with van der Waals surface area (Å²) in [5, 5.41) is 17.3. The molecular formula is C10H9N3O3. The number of ether oxygens (including phenoxy) is 1. The van der Waals surface area contributed by atoms with Crippen LogP contribution in [-0.2, 0) is 0 Å². The monoisotopic (exact) mass is 219 g/mol. The number of hydrogen-bond donors (Lipinski definition) is 1. The van der Waals surface area contributed by atoms with Crippen molar-refractivity contribution < 1.29 is 9.66 Å². The van der Waals surface area contributed by atoms with Crippen LogP contribution in [0.4, 0.5) is 5.69 Å². The van der Waals surface area contributed by atoms with Gasteiger partial charge in [-0.3, -0.25) is 15.2 Å². The molecule has 1 heterocycles. The topological polar surface area (TPSA) is 81.0 Å². The van der Waals surface area contributed by atoms with E-state index in [-0.39, 0.29) is 11.4 Å². The number of nitrogens with one attached hydrogen (secondary N) is 1. The highest BCUT2D eigenvalue weighted by molar-refractivity contribution is 5.65. The highest BCUT2D eigenvalue weighted by Crippen LogP contribution is 2.31. The van der Waals surface area contributed by atoms with Crippen molar-refractivity contribution >= 4 is 5.69 Å². The molecule has 0 aliphatic carbocycles. The molecule has 1 N–H and O–H groups in total. The molecule has 0 aliphatic rings. The van der Waals surface area contributed by atoms with E-state index in [1.807, 2.05) is 0 Å². The smallest absolute Gasteiger partial charge is 0.310 e. The van der Waals surface area contributed by atoms with E-state index < -0.39 is 4.92 Å². The van der Waals surface area contributed by atoms with Crippen LogP contribution in [0.2, 0.25) is 0 Å². The van der Waals surface area contributed by atoms with Gasteiger partial charge in [-0.25, -0.2) is 0 Å². The van der Waals surface area contributed by atoms with Crippen LogP contribution in [0, 0.1) is 10.1 Å². The van der Waals surface area contributed by atoms with Crippen LogP contribution in [0.5, 0.6) is 5.75 Å². The fraction of sp³-hybridized carbons (Fsp3) is 0.100. The Morgan fingerprint density at radius 1 is 1.44 bits per heavy atom. The Morgan fingerprint density at radius 2 is 2.25 bits per heavy atom. The van der Waals surface area contributed by atoms with Crippen LogP contribution in [0.3, 0.4) is 0 Å². The van der Waals surface area contributed by atoms with Crippen LogP contribution >= 0.6 is 0 Å². The summed E-state index contributed by atoms with van der Waals surface area (Å²) < 4.78 is 4.97. The van der Waals surface area contributed by atoms with Crippen molar-refractivity contribution in [1.82, 2.24) is 10.2 Å². The predicted octanol–water partition coefficient (Wildman–Crippen LogP) is 1.99. The minimum Gasteiger partial charge on any atom is -0.490 e. The third kappa shape index (κ3) is 1.72. The molecule has 0 aliphatic heterocycles. The predicted molar refractivity (Wildman–Crippen MR) is 57.2 cm³/mol. The zero-order chi connectivity index (χ0) is 11.5. The van der Waals surface area contributed by atoms with Gasteiger partial charge in [-0.2, -0.15) is 5.10 Å². The third-order valence-corrected chi connectivity index (χ3v) is 2.19. The quantitative estimate of drug-likeness (QED) is 0.632. The number of methoxy groups -OCH3 is 1. The molecule has 0 atom stereocenters. The van der Waals surface area contributed by atoms with Crippen LogP contribution < -0.4 is 4.74 Å². The largest absolute Gasteiger partial charge is 0.490 e. The van der Waals surface area contributed by atoms with Gasteiger partial charge in [0.15, 0.2) is 5.75 Å². The van der Waals surface area contributed by atoms with Crippen LogP contribution in [-0.4, -0.2) is 22.2 Å². The summed E-state index contributed by atoms with van der Waals surface area (Å²) in [6.07, 6.45) is 1.61. The lowest BCUT2D eigenvalue weighted by atomic mass is 10.1. The number of hydrogen-bond acceptors (Lipinski definition) is 4. The van der Waals surface area contributed by atoms with E-state index in [2.05, 4.69) is 10.2 Å². The van der Waals surface area contributed by atoms with Gasteiger partial charge in [-0.05, 0) is 18.2 Å². The van der Waals surface area contributed by atoms with Crippen LogP contribution in [0.25, 0.3) is 11.3 Å². The molecule has 6 nitrogen and oxygen atoms in total. The molecule has 0 radical (unpaired) electrons. The SMILES string of the molecule is COc1cc(-c2ccn[nH]2)ccc1[N+](=O)[O-]. The van der Waals surface area contributed by atoms with E-state index in [4.69, 9.17) is 4.74 Å². The maximum Gasteiger partial charge on any atom is 0.310 e. The number of aromatic amines is 1. The summed E-state index contributed by atoms with van der Waals surface area (Å²) in [5.41, 5.74) is 1.53. The molecule has 0 saturated carbocycles. The first-order valence-corrected chi connectivity index (χ1v) is 4.54. The van der Waals surface area contributed by atoms with E-state index >= 15 is 0 Å². The first kappa shape index (κ1) is 10.2. The lowest BCUT2D eigenvalue weighted by Crippen LogP contribution is -1.94. The van der Waals surface area contributed by atoms with Gasteiger partial charge >= 0.3 is 5.69 Å². The minimum absolute atomic E-state index is 0.0502. The fourth-order valence-electron chi connectivity index (χ4n) is 1.41. The molecule has 0 saturated heterocycles. The van der Waals surface area contributed by atoms with Gasteiger partial charge in [-0.15, -0.1) is 0 Å². The van der Waals surface area contributed by atoms with Crippen molar-refractivity contribution in [3.8, 4) is 17.0 Å². The fourth-order valence-corrected chi connectivity index (χ4v) is 1.41. The van der Waals surface area contributed by atoms with Gasteiger partial charge in [0.1, 0.15) is 0 Å². The van der Waals surface area contributed by atoms with Crippen molar-refractivity contribution in [3.05, 3.63) is 40.6 Å². The first-order chi connectivity index (χ1) is 7.72. The van der Waals surface area contributed by atoms with Gasteiger partial charge in [0.05, 0.1) is 17.7 Å². The second kappa shape index (κ2) is 4.01. The lowest BCUT2D eigenvalue weighted by Gasteiger charge is -2.03. The van der Waals surface area contributed by atoms with E-state index in [0.717, 1.165) is 11.3 Å². The number of nitro groups is 1. The second-order valence-corrected chi connectivity index (χ2v) is 3.11. The van der Waals surface area contributed by atoms with E-state index in [1.54, 1.807) is 24.4 Å². The number of rotatable bonds is 3. The van der Waals surface area contributed by atoms with Crippen molar-refractivity contribution in [2.45, 2.75) is 0 Å². The van der Waals surface area contributed by atoms with Crippen molar-refractivity contribution in [2.75, 3.05) is 7.11 Å². The Morgan fingerprint density at radius 3 is 2.81 bits per heavy atom. The second-order valence-electron chi connectivity index (χ2n) is 3.11. The van der Waals surface area contributed by atoms with Crippen LogP contribution in [0.1, 0.15) is 0 Å². The normalized spacial score (nSPS) is 10.1. The number of aromatic nitrogens is 2. The van der Waals surface area contributed by atoms with E-state index in [0.29, 0.717) is 0 Å². The molecule has 2 aromatic rings. The first-order valence-electron chi connectivity index (χ1n) is 4.54. The molecule has 16 heavy (non-hydrogen) atoms.